The van der Waals surface area contributed by atoms with Crippen molar-refractivity contribution in [2.45, 2.75) is 31.9 Å². The monoisotopic (exact) mass is 367 g/mol. The minimum absolute atomic E-state index is 0.173. The Morgan fingerprint density at radius 3 is 2.73 bits per heavy atom. The topological polar surface area (TPSA) is 79.8 Å². The molecule has 2 N–H and O–H groups in total. The number of halogens is 1. The average Bonchev–Trinajstić information content (AvgIpc) is 2.90. The molecule has 1 aromatic rings. The number of carbonyl (C=O) groups is 2. The molecule has 2 rings (SSSR count). The Morgan fingerprint density at radius 2 is 2.14 bits per heavy atom. The van der Waals surface area contributed by atoms with Gasteiger partial charge in [0.1, 0.15) is 10.7 Å². The molecule has 0 bridgehead atoms. The normalized spacial score (nSPS) is 18.1. The second-order valence-electron chi connectivity index (χ2n) is 5.09. The Balaban J connectivity index is 1.90. The van der Waals surface area contributed by atoms with Crippen LogP contribution < -0.4 is 10.6 Å². The summed E-state index contributed by atoms with van der Waals surface area (Å²) in [5, 5.41) is 9.25. The van der Waals surface area contributed by atoms with Crippen molar-refractivity contribution in [2.75, 3.05) is 6.54 Å². The highest BCUT2D eigenvalue weighted by molar-refractivity contribution is 9.18. The first-order valence-electron chi connectivity index (χ1n) is 7.01. The predicted molar refractivity (Wildman–Crippen MR) is 86.6 cm³/mol. The van der Waals surface area contributed by atoms with Gasteiger partial charge in [-0.1, -0.05) is 35.5 Å². The van der Waals surface area contributed by atoms with E-state index in [1.807, 2.05) is 30.3 Å². The van der Waals surface area contributed by atoms with Gasteiger partial charge < -0.3 is 15.5 Å². The smallest absolute Gasteiger partial charge is 0.243 e. The van der Waals surface area contributed by atoms with Crippen LogP contribution in [0.4, 0.5) is 0 Å². The number of nitrogens with zero attached hydrogens (tertiary/aromatic N) is 1. The maximum Gasteiger partial charge on any atom is 0.243 e. The van der Waals surface area contributed by atoms with Crippen molar-refractivity contribution in [3.63, 3.8) is 0 Å². The first-order chi connectivity index (χ1) is 10.5. The first-order valence-corrected chi connectivity index (χ1v) is 7.81. The van der Waals surface area contributed by atoms with Crippen LogP contribution in [0.2, 0.25) is 0 Å². The molecule has 1 aliphatic heterocycles. The highest BCUT2D eigenvalue weighted by Crippen LogP contribution is 2.13. The van der Waals surface area contributed by atoms with E-state index in [2.05, 4.69) is 31.7 Å². The number of rotatable bonds is 6. The standard InChI is InChI=1S/C15H18BrN3O3/c1-10(20)18-13(7-11-5-3-2-4-6-11)15(21)17-9-12-8-14(16)19-22-12/h2-6,12-13H,7-9H2,1H3,(H,17,21)(H,18,20)/t12-,13?/m0/s1. The number of hydrogen-bond acceptors (Lipinski definition) is 4. The molecule has 1 unspecified atom stereocenters. The third-order valence-corrected chi connectivity index (χ3v) is 3.65. The zero-order valence-corrected chi connectivity index (χ0v) is 13.8. The lowest BCUT2D eigenvalue weighted by atomic mass is 10.1. The molecular formula is C15H18BrN3O3. The van der Waals surface area contributed by atoms with Gasteiger partial charge in [0, 0.05) is 19.8 Å². The van der Waals surface area contributed by atoms with E-state index in [1.165, 1.54) is 6.92 Å². The SMILES string of the molecule is CC(=O)NC(Cc1ccccc1)C(=O)NC[C@@H]1CC(Br)=NO1. The van der Waals surface area contributed by atoms with Gasteiger partial charge in [-0.15, -0.1) is 0 Å². The van der Waals surface area contributed by atoms with Gasteiger partial charge in [-0.2, -0.15) is 0 Å². The zero-order chi connectivity index (χ0) is 15.9. The summed E-state index contributed by atoms with van der Waals surface area (Å²) >= 11 is 3.25. The lowest BCUT2D eigenvalue weighted by Gasteiger charge is -2.18. The predicted octanol–water partition coefficient (Wildman–Crippen LogP) is 1.35. The van der Waals surface area contributed by atoms with Gasteiger partial charge in [-0.3, -0.25) is 9.59 Å². The second kappa shape index (κ2) is 7.93. The number of carbonyl (C=O) groups excluding carboxylic acids is 2. The molecule has 1 aromatic carbocycles. The number of hydrogen-bond donors (Lipinski definition) is 2. The Morgan fingerprint density at radius 1 is 1.41 bits per heavy atom. The van der Waals surface area contributed by atoms with Crippen molar-refractivity contribution in [3.8, 4) is 0 Å². The van der Waals surface area contributed by atoms with Gasteiger partial charge in [0.15, 0.2) is 6.10 Å². The van der Waals surface area contributed by atoms with Gasteiger partial charge in [-0.25, -0.2) is 0 Å². The van der Waals surface area contributed by atoms with E-state index < -0.39 is 6.04 Å². The van der Waals surface area contributed by atoms with Crippen molar-refractivity contribution in [3.05, 3.63) is 35.9 Å². The van der Waals surface area contributed by atoms with Crippen LogP contribution in [-0.4, -0.2) is 35.1 Å². The number of nitrogens with one attached hydrogen (secondary N) is 2. The van der Waals surface area contributed by atoms with Crippen molar-refractivity contribution < 1.29 is 14.4 Å². The third kappa shape index (κ3) is 5.14. The minimum atomic E-state index is -0.606. The van der Waals surface area contributed by atoms with E-state index in [4.69, 9.17) is 4.84 Å². The molecule has 1 aliphatic rings. The lowest BCUT2D eigenvalue weighted by molar-refractivity contribution is -0.128. The van der Waals surface area contributed by atoms with Gasteiger partial charge >= 0.3 is 0 Å². The molecule has 0 radical (unpaired) electrons. The van der Waals surface area contributed by atoms with Crippen molar-refractivity contribution >= 4 is 32.4 Å². The van der Waals surface area contributed by atoms with E-state index in [1.54, 1.807) is 0 Å². The zero-order valence-electron chi connectivity index (χ0n) is 12.2. The van der Waals surface area contributed by atoms with Crippen molar-refractivity contribution in [1.82, 2.24) is 10.6 Å². The van der Waals surface area contributed by atoms with Crippen LogP contribution in [0.25, 0.3) is 0 Å². The fourth-order valence-electron chi connectivity index (χ4n) is 2.15. The van der Waals surface area contributed by atoms with Crippen LogP contribution >= 0.6 is 15.9 Å². The molecular weight excluding hydrogens is 350 g/mol. The maximum atomic E-state index is 12.3. The van der Waals surface area contributed by atoms with E-state index >= 15 is 0 Å². The molecule has 6 nitrogen and oxygen atoms in total. The number of amides is 2. The summed E-state index contributed by atoms with van der Waals surface area (Å²) in [5.41, 5.74) is 0.986. The Bertz CT molecular complexity index is 562. The maximum absolute atomic E-state index is 12.3. The van der Waals surface area contributed by atoms with Crippen molar-refractivity contribution in [1.29, 1.82) is 0 Å². The molecule has 0 saturated carbocycles. The molecule has 0 aliphatic carbocycles. The largest absolute Gasteiger partial charge is 0.390 e. The van der Waals surface area contributed by atoms with Gasteiger partial charge in [0.05, 0.1) is 6.54 Å². The van der Waals surface area contributed by atoms with E-state index in [-0.39, 0.29) is 17.9 Å². The van der Waals surface area contributed by atoms with Crippen LogP contribution in [0.15, 0.2) is 35.5 Å². The Kier molecular flexibility index (Phi) is 5.94. The van der Waals surface area contributed by atoms with Crippen LogP contribution in [0.5, 0.6) is 0 Å². The molecule has 22 heavy (non-hydrogen) atoms. The molecule has 2 amide bonds. The first kappa shape index (κ1) is 16.5. The Labute approximate surface area is 137 Å². The van der Waals surface area contributed by atoms with Crippen LogP contribution in [0.1, 0.15) is 18.9 Å². The number of benzene rings is 1. The van der Waals surface area contributed by atoms with E-state index in [0.717, 1.165) is 10.2 Å². The van der Waals surface area contributed by atoms with Gasteiger partial charge in [-0.05, 0) is 21.5 Å². The molecule has 1 heterocycles. The molecule has 118 valence electrons. The number of oxime groups is 1. The summed E-state index contributed by atoms with van der Waals surface area (Å²) < 4.78 is 0.731. The summed E-state index contributed by atoms with van der Waals surface area (Å²) in [6.07, 6.45) is 0.898. The quantitative estimate of drug-likeness (QED) is 0.796. The fourth-order valence-corrected chi connectivity index (χ4v) is 2.59. The molecule has 2 atom stereocenters. The molecule has 0 spiro atoms. The van der Waals surface area contributed by atoms with Gasteiger partial charge in [0.25, 0.3) is 0 Å². The summed E-state index contributed by atoms with van der Waals surface area (Å²) in [7, 11) is 0. The highest BCUT2D eigenvalue weighted by Gasteiger charge is 2.23. The third-order valence-electron chi connectivity index (χ3n) is 3.18. The molecule has 0 saturated heterocycles. The average molecular weight is 368 g/mol. The molecule has 0 fully saturated rings. The lowest BCUT2D eigenvalue weighted by Crippen LogP contribution is -2.48. The summed E-state index contributed by atoms with van der Waals surface area (Å²) in [4.78, 5) is 28.7. The van der Waals surface area contributed by atoms with Crippen LogP contribution in [-0.2, 0) is 20.8 Å². The summed E-state index contributed by atoms with van der Waals surface area (Å²) in [6, 6.07) is 8.95. The van der Waals surface area contributed by atoms with Crippen molar-refractivity contribution in [2.24, 2.45) is 5.16 Å². The van der Waals surface area contributed by atoms with Crippen LogP contribution in [0.3, 0.4) is 0 Å². The van der Waals surface area contributed by atoms with Gasteiger partial charge in [0.2, 0.25) is 11.8 Å². The fraction of sp³-hybridized carbons (Fsp3) is 0.400. The van der Waals surface area contributed by atoms with E-state index in [0.29, 0.717) is 19.4 Å². The molecule has 7 heteroatoms. The summed E-state index contributed by atoms with van der Waals surface area (Å²) in [5.74, 6) is -0.468. The highest BCUT2D eigenvalue weighted by atomic mass is 79.9. The summed E-state index contributed by atoms with van der Waals surface area (Å²) in [6.45, 7) is 1.75. The Hall–Kier alpha value is -1.89. The van der Waals surface area contributed by atoms with Crippen LogP contribution in [0, 0.1) is 0 Å². The second-order valence-corrected chi connectivity index (χ2v) is 6.00. The minimum Gasteiger partial charge on any atom is -0.390 e. The van der Waals surface area contributed by atoms with E-state index in [9.17, 15) is 9.59 Å². The molecule has 0 aromatic heterocycles.